The van der Waals surface area contributed by atoms with Crippen LogP contribution in [0, 0.1) is 0 Å². The highest BCUT2D eigenvalue weighted by molar-refractivity contribution is 7.89. The van der Waals surface area contributed by atoms with Gasteiger partial charge < -0.3 is 5.32 Å². The number of sulfonamides is 1. The molecule has 0 aliphatic heterocycles. The highest BCUT2D eigenvalue weighted by Gasteiger charge is 2.24. The van der Waals surface area contributed by atoms with E-state index in [2.05, 4.69) is 10.0 Å². The number of amides is 1. The summed E-state index contributed by atoms with van der Waals surface area (Å²) in [5, 5.41) is 3.03. The van der Waals surface area contributed by atoms with Crippen LogP contribution in [0.25, 0.3) is 0 Å². The second-order valence-electron chi connectivity index (χ2n) is 4.12. The summed E-state index contributed by atoms with van der Waals surface area (Å²) >= 11 is 5.72. The van der Waals surface area contributed by atoms with E-state index in [0.717, 1.165) is 12.8 Å². The van der Waals surface area contributed by atoms with E-state index in [4.69, 9.17) is 11.6 Å². The Morgan fingerprint density at radius 2 is 2.11 bits per heavy atom. The smallest absolute Gasteiger partial charge is 0.241 e. The predicted octanol–water partition coefficient (Wildman–Crippen LogP) is 0.897. The van der Waals surface area contributed by atoms with Gasteiger partial charge in [0, 0.05) is 11.1 Å². The molecule has 1 aromatic rings. The highest BCUT2D eigenvalue weighted by atomic mass is 35.5. The van der Waals surface area contributed by atoms with Crippen LogP contribution < -0.4 is 10.0 Å². The lowest BCUT2D eigenvalue weighted by atomic mass is 10.4. The van der Waals surface area contributed by atoms with Gasteiger partial charge in [0.2, 0.25) is 15.9 Å². The minimum Gasteiger partial charge on any atom is -0.352 e. The lowest BCUT2D eigenvalue weighted by Crippen LogP contribution is -2.37. The average Bonchev–Trinajstić information content (AvgIpc) is 3.10. The zero-order chi connectivity index (χ0) is 13.2. The van der Waals surface area contributed by atoms with Crippen LogP contribution in [0.5, 0.6) is 0 Å². The largest absolute Gasteiger partial charge is 0.352 e. The number of benzene rings is 1. The van der Waals surface area contributed by atoms with E-state index in [1.54, 1.807) is 12.1 Å². The Labute approximate surface area is 111 Å². The van der Waals surface area contributed by atoms with E-state index >= 15 is 0 Å². The molecule has 2 rings (SSSR count). The first-order chi connectivity index (χ1) is 8.47. The van der Waals surface area contributed by atoms with E-state index in [1.165, 1.54) is 12.1 Å². The zero-order valence-corrected chi connectivity index (χ0v) is 11.1. The van der Waals surface area contributed by atoms with Gasteiger partial charge in [-0.05, 0) is 31.0 Å². The molecule has 2 N–H and O–H groups in total. The maximum absolute atomic E-state index is 11.8. The van der Waals surface area contributed by atoms with Crippen molar-refractivity contribution < 1.29 is 13.2 Å². The Bertz CT molecular complexity index is 555. The van der Waals surface area contributed by atoms with Crippen molar-refractivity contribution in [2.24, 2.45) is 0 Å². The predicted molar refractivity (Wildman–Crippen MR) is 67.8 cm³/mol. The van der Waals surface area contributed by atoms with E-state index in [-0.39, 0.29) is 23.4 Å². The third kappa shape index (κ3) is 3.69. The van der Waals surface area contributed by atoms with Gasteiger partial charge in [-0.25, -0.2) is 13.1 Å². The van der Waals surface area contributed by atoms with Crippen LogP contribution in [-0.4, -0.2) is 26.9 Å². The van der Waals surface area contributed by atoms with Crippen LogP contribution in [0.1, 0.15) is 12.8 Å². The molecule has 1 amide bonds. The molecule has 5 nitrogen and oxygen atoms in total. The molecule has 0 heterocycles. The fourth-order valence-corrected chi connectivity index (χ4v) is 2.67. The molecule has 98 valence electrons. The molecule has 0 saturated heterocycles. The second-order valence-corrected chi connectivity index (χ2v) is 6.33. The van der Waals surface area contributed by atoms with Crippen LogP contribution >= 0.6 is 11.6 Å². The summed E-state index contributed by atoms with van der Waals surface area (Å²) in [5.74, 6) is -0.317. The van der Waals surface area contributed by atoms with Gasteiger partial charge in [-0.1, -0.05) is 17.7 Å². The average molecular weight is 289 g/mol. The number of halogens is 1. The maximum Gasteiger partial charge on any atom is 0.241 e. The van der Waals surface area contributed by atoms with Gasteiger partial charge in [-0.15, -0.1) is 0 Å². The lowest BCUT2D eigenvalue weighted by molar-refractivity contribution is -0.120. The Hall–Kier alpha value is -1.11. The van der Waals surface area contributed by atoms with E-state index in [9.17, 15) is 13.2 Å². The normalized spacial score (nSPS) is 15.4. The van der Waals surface area contributed by atoms with E-state index in [1.807, 2.05) is 0 Å². The molecule has 1 aromatic carbocycles. The lowest BCUT2D eigenvalue weighted by Gasteiger charge is -2.07. The van der Waals surface area contributed by atoms with Crippen molar-refractivity contribution in [2.45, 2.75) is 23.8 Å². The Morgan fingerprint density at radius 3 is 2.72 bits per heavy atom. The summed E-state index contributed by atoms with van der Waals surface area (Å²) in [5.41, 5.74) is 0. The quantitative estimate of drug-likeness (QED) is 0.845. The molecule has 0 atom stereocenters. The molecule has 1 fully saturated rings. The van der Waals surface area contributed by atoms with E-state index in [0.29, 0.717) is 5.02 Å². The number of hydrogen-bond acceptors (Lipinski definition) is 3. The van der Waals surface area contributed by atoms with Crippen LogP contribution in [0.2, 0.25) is 5.02 Å². The number of carbonyl (C=O) groups excluding carboxylic acids is 1. The molecule has 0 unspecified atom stereocenters. The fourth-order valence-electron chi connectivity index (χ4n) is 1.38. The van der Waals surface area contributed by atoms with E-state index < -0.39 is 10.0 Å². The van der Waals surface area contributed by atoms with Gasteiger partial charge in [-0.3, -0.25) is 4.79 Å². The molecule has 0 bridgehead atoms. The molecule has 1 aliphatic rings. The minimum atomic E-state index is -3.69. The molecule has 1 saturated carbocycles. The first kappa shape index (κ1) is 13.3. The van der Waals surface area contributed by atoms with Crippen molar-refractivity contribution in [3.63, 3.8) is 0 Å². The van der Waals surface area contributed by atoms with Gasteiger partial charge in [0.1, 0.15) is 0 Å². The second kappa shape index (κ2) is 5.26. The van der Waals surface area contributed by atoms with Crippen molar-refractivity contribution in [3.8, 4) is 0 Å². The molecular weight excluding hydrogens is 276 g/mol. The van der Waals surface area contributed by atoms with Gasteiger partial charge in [0.15, 0.2) is 0 Å². The van der Waals surface area contributed by atoms with Gasteiger partial charge >= 0.3 is 0 Å². The van der Waals surface area contributed by atoms with Crippen LogP contribution in [0.3, 0.4) is 0 Å². The standard InChI is InChI=1S/C11H13ClN2O3S/c12-8-2-1-3-10(6-8)18(16,17)13-7-11(15)14-9-4-5-9/h1-3,6,9,13H,4-5,7H2,(H,14,15). The molecule has 1 aliphatic carbocycles. The van der Waals surface area contributed by atoms with Crippen molar-refractivity contribution in [1.29, 1.82) is 0 Å². The first-order valence-corrected chi connectivity index (χ1v) is 7.38. The summed E-state index contributed by atoms with van der Waals surface area (Å²) in [7, 11) is -3.69. The van der Waals surface area contributed by atoms with Crippen LogP contribution in [0.4, 0.5) is 0 Å². The Kier molecular flexibility index (Phi) is 3.89. The molecule has 0 radical (unpaired) electrons. The molecule has 0 spiro atoms. The maximum atomic E-state index is 11.8. The highest BCUT2D eigenvalue weighted by Crippen LogP contribution is 2.18. The fraction of sp³-hybridized carbons (Fsp3) is 0.364. The molecule has 18 heavy (non-hydrogen) atoms. The topological polar surface area (TPSA) is 75.3 Å². The molecular formula is C11H13ClN2O3S. The zero-order valence-electron chi connectivity index (χ0n) is 9.52. The Balaban J connectivity index is 1.96. The van der Waals surface area contributed by atoms with Crippen molar-refractivity contribution >= 4 is 27.5 Å². The van der Waals surface area contributed by atoms with Crippen molar-refractivity contribution in [3.05, 3.63) is 29.3 Å². The van der Waals surface area contributed by atoms with Gasteiger partial charge in [0.25, 0.3) is 0 Å². The summed E-state index contributed by atoms with van der Waals surface area (Å²) in [6.07, 6.45) is 1.93. The third-order valence-electron chi connectivity index (χ3n) is 2.47. The summed E-state index contributed by atoms with van der Waals surface area (Å²) in [4.78, 5) is 11.4. The van der Waals surface area contributed by atoms with Gasteiger partial charge in [-0.2, -0.15) is 0 Å². The Morgan fingerprint density at radius 1 is 1.39 bits per heavy atom. The van der Waals surface area contributed by atoms with Crippen LogP contribution in [-0.2, 0) is 14.8 Å². The minimum absolute atomic E-state index is 0.0502. The van der Waals surface area contributed by atoms with Crippen molar-refractivity contribution in [1.82, 2.24) is 10.0 Å². The number of hydrogen-bond donors (Lipinski definition) is 2. The monoisotopic (exact) mass is 288 g/mol. The molecule has 7 heteroatoms. The summed E-state index contributed by atoms with van der Waals surface area (Å²) < 4.78 is 25.9. The summed E-state index contributed by atoms with van der Waals surface area (Å²) in [6.45, 7) is -0.259. The van der Waals surface area contributed by atoms with Crippen molar-refractivity contribution in [2.75, 3.05) is 6.54 Å². The number of nitrogens with one attached hydrogen (secondary N) is 2. The summed E-state index contributed by atoms with van der Waals surface area (Å²) in [6, 6.07) is 6.10. The molecule has 0 aromatic heterocycles. The third-order valence-corrected chi connectivity index (χ3v) is 4.11. The number of carbonyl (C=O) groups is 1. The van der Waals surface area contributed by atoms with Crippen LogP contribution in [0.15, 0.2) is 29.2 Å². The van der Waals surface area contributed by atoms with Gasteiger partial charge in [0.05, 0.1) is 11.4 Å². The number of rotatable bonds is 5. The SMILES string of the molecule is O=C(CNS(=O)(=O)c1cccc(Cl)c1)NC1CC1. The first-order valence-electron chi connectivity index (χ1n) is 5.52.